The van der Waals surface area contributed by atoms with Crippen molar-refractivity contribution in [2.75, 3.05) is 20.2 Å². The highest BCUT2D eigenvalue weighted by Gasteiger charge is 2.27. The average Bonchev–Trinajstić information content (AvgIpc) is 3.09. The number of amides is 1. The van der Waals surface area contributed by atoms with Crippen molar-refractivity contribution in [3.05, 3.63) is 53.6 Å². The zero-order valence-corrected chi connectivity index (χ0v) is 16.0. The SMILES string of the molecule is COc1ccc2sc(OC3CCN(C(=O)c4ccc(F)cc4F)CC3)nc2c1. The first-order valence-corrected chi connectivity index (χ1v) is 9.70. The zero-order chi connectivity index (χ0) is 19.7. The molecule has 1 fully saturated rings. The lowest BCUT2D eigenvalue weighted by atomic mass is 10.1. The molecule has 146 valence electrons. The molecule has 2 aromatic carbocycles. The van der Waals surface area contributed by atoms with Gasteiger partial charge in [-0.05, 0) is 24.3 Å². The lowest BCUT2D eigenvalue weighted by Gasteiger charge is -2.31. The molecule has 0 aliphatic carbocycles. The smallest absolute Gasteiger partial charge is 0.274 e. The van der Waals surface area contributed by atoms with Crippen molar-refractivity contribution >= 4 is 27.5 Å². The van der Waals surface area contributed by atoms with E-state index in [4.69, 9.17) is 9.47 Å². The second-order valence-electron chi connectivity index (χ2n) is 6.55. The highest BCUT2D eigenvalue weighted by Crippen LogP contribution is 2.32. The standard InChI is InChI=1S/C20H18F2N2O3S/c1-26-14-3-5-18-17(11-14)23-20(28-18)27-13-6-8-24(9-7-13)19(25)15-4-2-12(21)10-16(15)22/h2-5,10-11,13H,6-9H2,1H3. The zero-order valence-electron chi connectivity index (χ0n) is 15.2. The fourth-order valence-electron chi connectivity index (χ4n) is 3.22. The molecule has 0 unspecified atom stereocenters. The number of piperidine rings is 1. The second-order valence-corrected chi connectivity index (χ2v) is 7.54. The van der Waals surface area contributed by atoms with Crippen LogP contribution >= 0.6 is 11.3 Å². The van der Waals surface area contributed by atoms with Crippen LogP contribution in [-0.4, -0.2) is 42.1 Å². The van der Waals surface area contributed by atoms with Gasteiger partial charge in [0, 0.05) is 38.1 Å². The summed E-state index contributed by atoms with van der Waals surface area (Å²) >= 11 is 1.46. The molecule has 4 rings (SSSR count). The number of carbonyl (C=O) groups excluding carboxylic acids is 1. The molecule has 5 nitrogen and oxygen atoms in total. The predicted molar refractivity (Wildman–Crippen MR) is 102 cm³/mol. The number of fused-ring (bicyclic) bond motifs is 1. The van der Waals surface area contributed by atoms with Crippen LogP contribution in [-0.2, 0) is 0 Å². The van der Waals surface area contributed by atoms with Gasteiger partial charge in [0.15, 0.2) is 0 Å². The third-order valence-electron chi connectivity index (χ3n) is 4.73. The minimum Gasteiger partial charge on any atom is -0.497 e. The van der Waals surface area contributed by atoms with E-state index in [-0.39, 0.29) is 11.7 Å². The number of methoxy groups -OCH3 is 1. The first-order chi connectivity index (χ1) is 13.5. The Kier molecular flexibility index (Phi) is 5.13. The van der Waals surface area contributed by atoms with Crippen molar-refractivity contribution in [3.8, 4) is 10.9 Å². The van der Waals surface area contributed by atoms with Gasteiger partial charge in [-0.15, -0.1) is 0 Å². The molecule has 1 aliphatic heterocycles. The van der Waals surface area contributed by atoms with Crippen LogP contribution in [0.25, 0.3) is 10.2 Å². The summed E-state index contributed by atoms with van der Waals surface area (Å²) in [4.78, 5) is 18.5. The third-order valence-corrected chi connectivity index (χ3v) is 5.66. The highest BCUT2D eigenvalue weighted by molar-refractivity contribution is 7.20. The maximum Gasteiger partial charge on any atom is 0.274 e. The van der Waals surface area contributed by atoms with E-state index in [1.54, 1.807) is 12.0 Å². The van der Waals surface area contributed by atoms with E-state index in [1.165, 1.54) is 17.4 Å². The predicted octanol–water partition coefficient (Wildman–Crippen LogP) is 4.27. The number of ether oxygens (including phenoxy) is 2. The summed E-state index contributed by atoms with van der Waals surface area (Å²) in [6.45, 7) is 0.887. The third kappa shape index (κ3) is 3.77. The van der Waals surface area contributed by atoms with Crippen LogP contribution in [0, 0.1) is 11.6 Å². The molecule has 3 aromatic rings. The topological polar surface area (TPSA) is 51.7 Å². The summed E-state index contributed by atoms with van der Waals surface area (Å²) in [5.74, 6) is -1.23. The van der Waals surface area contributed by atoms with E-state index in [1.807, 2.05) is 18.2 Å². The van der Waals surface area contributed by atoms with Gasteiger partial charge in [-0.25, -0.2) is 13.8 Å². The summed E-state index contributed by atoms with van der Waals surface area (Å²) in [7, 11) is 1.61. The number of hydrogen-bond donors (Lipinski definition) is 0. The van der Waals surface area contributed by atoms with Crippen molar-refractivity contribution in [1.29, 1.82) is 0 Å². The van der Waals surface area contributed by atoms with Crippen LogP contribution in [0.3, 0.4) is 0 Å². The Balaban J connectivity index is 1.38. The Bertz CT molecular complexity index is 1020. The van der Waals surface area contributed by atoms with Gasteiger partial charge in [0.25, 0.3) is 11.1 Å². The Hall–Kier alpha value is -2.74. The molecule has 1 saturated heterocycles. The first-order valence-electron chi connectivity index (χ1n) is 8.89. The monoisotopic (exact) mass is 404 g/mol. The Morgan fingerprint density at radius 1 is 1.18 bits per heavy atom. The molecular weight excluding hydrogens is 386 g/mol. The molecule has 8 heteroatoms. The highest BCUT2D eigenvalue weighted by atomic mass is 32.1. The molecule has 1 amide bonds. The van der Waals surface area contributed by atoms with Crippen LogP contribution in [0.1, 0.15) is 23.2 Å². The van der Waals surface area contributed by atoms with Gasteiger partial charge >= 0.3 is 0 Å². The largest absolute Gasteiger partial charge is 0.497 e. The van der Waals surface area contributed by atoms with Gasteiger partial charge in [-0.3, -0.25) is 4.79 Å². The molecule has 0 N–H and O–H groups in total. The van der Waals surface area contributed by atoms with Gasteiger partial charge < -0.3 is 14.4 Å². The number of halogens is 2. The van der Waals surface area contributed by atoms with Crippen molar-refractivity contribution < 1.29 is 23.0 Å². The van der Waals surface area contributed by atoms with Crippen LogP contribution < -0.4 is 9.47 Å². The summed E-state index contributed by atoms with van der Waals surface area (Å²) in [5.41, 5.74) is 0.708. The second kappa shape index (κ2) is 7.71. The lowest BCUT2D eigenvalue weighted by molar-refractivity contribution is 0.0591. The van der Waals surface area contributed by atoms with Gasteiger partial charge in [0.05, 0.1) is 22.9 Å². The van der Waals surface area contributed by atoms with Crippen LogP contribution in [0.4, 0.5) is 8.78 Å². The maximum absolute atomic E-state index is 13.8. The number of carbonyl (C=O) groups is 1. The molecule has 1 aromatic heterocycles. The van der Waals surface area contributed by atoms with Crippen LogP contribution in [0.2, 0.25) is 0 Å². The van der Waals surface area contributed by atoms with Crippen molar-refractivity contribution in [1.82, 2.24) is 9.88 Å². The molecule has 2 heterocycles. The maximum atomic E-state index is 13.8. The average molecular weight is 404 g/mol. The Labute approximate surface area is 164 Å². The van der Waals surface area contributed by atoms with Crippen molar-refractivity contribution in [2.24, 2.45) is 0 Å². The summed E-state index contributed by atoms with van der Waals surface area (Å²) < 4.78 is 39.1. The Morgan fingerprint density at radius 3 is 2.68 bits per heavy atom. The number of hydrogen-bond acceptors (Lipinski definition) is 5. The lowest BCUT2D eigenvalue weighted by Crippen LogP contribution is -2.42. The number of nitrogens with zero attached hydrogens (tertiary/aromatic N) is 2. The van der Waals surface area contributed by atoms with E-state index in [2.05, 4.69) is 4.98 Å². The van der Waals surface area contributed by atoms with Crippen LogP contribution in [0.5, 0.6) is 10.9 Å². The molecule has 1 aliphatic rings. The van der Waals surface area contributed by atoms with Crippen LogP contribution in [0.15, 0.2) is 36.4 Å². The van der Waals surface area contributed by atoms with E-state index in [9.17, 15) is 13.6 Å². The molecular formula is C20H18F2N2O3S. The van der Waals surface area contributed by atoms with Crippen molar-refractivity contribution in [2.45, 2.75) is 18.9 Å². The van der Waals surface area contributed by atoms with E-state index >= 15 is 0 Å². The molecule has 0 radical (unpaired) electrons. The fraction of sp³-hybridized carbons (Fsp3) is 0.300. The molecule has 0 spiro atoms. The van der Waals surface area contributed by atoms with Gasteiger partial charge in [0.2, 0.25) is 0 Å². The summed E-state index contributed by atoms with van der Waals surface area (Å²) in [6.07, 6.45) is 1.17. The van der Waals surface area contributed by atoms with Gasteiger partial charge in [-0.2, -0.15) is 0 Å². The van der Waals surface area contributed by atoms with Gasteiger partial charge in [-0.1, -0.05) is 11.3 Å². The number of benzene rings is 2. The fourth-order valence-corrected chi connectivity index (χ4v) is 4.08. The van der Waals surface area contributed by atoms with Crippen molar-refractivity contribution in [3.63, 3.8) is 0 Å². The minimum absolute atomic E-state index is 0.0652. The van der Waals surface area contributed by atoms with E-state index in [0.29, 0.717) is 31.1 Å². The number of thiazole rings is 1. The normalized spacial score (nSPS) is 15.0. The quantitative estimate of drug-likeness (QED) is 0.652. The molecule has 0 atom stereocenters. The first kappa shape index (κ1) is 18.6. The Morgan fingerprint density at radius 2 is 1.96 bits per heavy atom. The number of aromatic nitrogens is 1. The number of likely N-dealkylation sites (tertiary alicyclic amines) is 1. The molecule has 28 heavy (non-hydrogen) atoms. The minimum atomic E-state index is -0.840. The molecule has 0 saturated carbocycles. The summed E-state index contributed by atoms with van der Waals surface area (Å²) in [5, 5.41) is 0.581. The van der Waals surface area contributed by atoms with E-state index < -0.39 is 17.5 Å². The summed E-state index contributed by atoms with van der Waals surface area (Å²) in [6, 6.07) is 8.68. The molecule has 0 bridgehead atoms. The number of rotatable bonds is 4. The van der Waals surface area contributed by atoms with E-state index in [0.717, 1.165) is 28.1 Å². The van der Waals surface area contributed by atoms with Gasteiger partial charge in [0.1, 0.15) is 23.5 Å².